The third-order valence-corrected chi connectivity index (χ3v) is 4.44. The van der Waals surface area contributed by atoms with Crippen LogP contribution in [-0.2, 0) is 4.79 Å². The van der Waals surface area contributed by atoms with Gasteiger partial charge in [0, 0.05) is 47.6 Å². The maximum absolute atomic E-state index is 13.2. The Balaban J connectivity index is 1.62. The van der Waals surface area contributed by atoms with E-state index in [0.29, 0.717) is 22.6 Å². The summed E-state index contributed by atoms with van der Waals surface area (Å²) >= 11 is 0. The predicted molar refractivity (Wildman–Crippen MR) is 107 cm³/mol. The van der Waals surface area contributed by atoms with Crippen LogP contribution in [0.4, 0.5) is 14.6 Å². The summed E-state index contributed by atoms with van der Waals surface area (Å²) < 4.78 is 31.4. The first kappa shape index (κ1) is 21.5. The number of aliphatic imine (C=N–C) groups is 1. The molecular formula is C21H22F2N4O3. The minimum atomic E-state index is -2.91. The van der Waals surface area contributed by atoms with Gasteiger partial charge in [-0.15, -0.1) is 0 Å². The first-order chi connectivity index (χ1) is 14.3. The van der Waals surface area contributed by atoms with Gasteiger partial charge < -0.3 is 10.1 Å². The van der Waals surface area contributed by atoms with Crippen molar-refractivity contribution in [2.75, 3.05) is 11.9 Å². The molecule has 1 aliphatic carbocycles. The molecule has 2 aromatic heterocycles. The number of nitrogens with zero attached hydrogens (tertiary/aromatic N) is 3. The summed E-state index contributed by atoms with van der Waals surface area (Å²) in [5, 5.41) is 2.72. The molecule has 0 unspecified atom stereocenters. The van der Waals surface area contributed by atoms with Crippen LogP contribution in [0, 0.1) is 12.8 Å². The number of nitrogens with one attached hydrogen (secondary N) is 1. The normalized spacial score (nSPS) is 14.0. The van der Waals surface area contributed by atoms with Gasteiger partial charge in [-0.25, -0.2) is 23.7 Å². The second-order valence-electron chi connectivity index (χ2n) is 7.14. The molecule has 0 spiro atoms. The molecular weight excluding hydrogens is 394 g/mol. The molecule has 3 rings (SSSR count). The molecule has 0 aliphatic heterocycles. The molecule has 0 saturated heterocycles. The van der Waals surface area contributed by atoms with Crippen molar-refractivity contribution in [3.63, 3.8) is 0 Å². The van der Waals surface area contributed by atoms with Crippen LogP contribution in [-0.4, -0.2) is 40.5 Å². The van der Waals surface area contributed by atoms with E-state index in [1.54, 1.807) is 19.1 Å². The van der Waals surface area contributed by atoms with E-state index in [9.17, 15) is 18.4 Å². The number of ether oxygens (including phenoxy) is 1. The predicted octanol–water partition coefficient (Wildman–Crippen LogP) is 3.82. The van der Waals surface area contributed by atoms with Crippen molar-refractivity contribution in [1.82, 2.24) is 9.97 Å². The molecule has 0 atom stereocenters. The quantitative estimate of drug-likeness (QED) is 0.661. The van der Waals surface area contributed by atoms with E-state index in [0.717, 1.165) is 12.8 Å². The van der Waals surface area contributed by atoms with Crippen LogP contribution in [0.2, 0.25) is 0 Å². The van der Waals surface area contributed by atoms with Gasteiger partial charge in [0.05, 0.1) is 0 Å². The van der Waals surface area contributed by atoms with E-state index in [1.165, 1.54) is 31.5 Å². The van der Waals surface area contributed by atoms with Crippen LogP contribution in [0.15, 0.2) is 35.5 Å². The Hall–Kier alpha value is -3.23. The SMILES string of the molecule is CCC(F)(F)COc1ccc(C=NC(=O)c2cc(C)nc(NC(=O)C3CC3)c2)cn1. The Kier molecular flexibility index (Phi) is 6.49. The van der Waals surface area contributed by atoms with Gasteiger partial charge >= 0.3 is 0 Å². The number of rotatable bonds is 8. The zero-order valence-electron chi connectivity index (χ0n) is 16.7. The molecule has 1 fully saturated rings. The highest BCUT2D eigenvalue weighted by Crippen LogP contribution is 2.30. The number of amides is 2. The van der Waals surface area contributed by atoms with Crippen LogP contribution in [0.3, 0.4) is 0 Å². The number of pyridine rings is 2. The number of hydrogen-bond acceptors (Lipinski definition) is 5. The fourth-order valence-corrected chi connectivity index (χ4v) is 2.47. The van der Waals surface area contributed by atoms with E-state index in [2.05, 4.69) is 20.3 Å². The first-order valence-corrected chi connectivity index (χ1v) is 9.60. The van der Waals surface area contributed by atoms with Gasteiger partial charge in [0.1, 0.15) is 5.82 Å². The molecule has 0 bridgehead atoms. The lowest BCUT2D eigenvalue weighted by Crippen LogP contribution is -2.24. The Morgan fingerprint density at radius 2 is 2.10 bits per heavy atom. The topological polar surface area (TPSA) is 93.5 Å². The molecule has 1 N–H and O–H groups in total. The first-order valence-electron chi connectivity index (χ1n) is 9.60. The van der Waals surface area contributed by atoms with E-state index < -0.39 is 18.4 Å². The smallest absolute Gasteiger partial charge is 0.281 e. The maximum atomic E-state index is 13.2. The van der Waals surface area contributed by atoms with Gasteiger partial charge in [-0.2, -0.15) is 0 Å². The van der Waals surface area contributed by atoms with Gasteiger partial charge in [0.25, 0.3) is 11.8 Å². The van der Waals surface area contributed by atoms with Crippen molar-refractivity contribution in [2.24, 2.45) is 10.9 Å². The largest absolute Gasteiger partial charge is 0.471 e. The number of carbonyl (C=O) groups excluding carboxylic acids is 2. The average molecular weight is 416 g/mol. The number of carbonyl (C=O) groups is 2. The lowest BCUT2D eigenvalue weighted by molar-refractivity contribution is -0.117. The Morgan fingerprint density at radius 1 is 1.33 bits per heavy atom. The fraction of sp³-hybridized carbons (Fsp3) is 0.381. The summed E-state index contributed by atoms with van der Waals surface area (Å²) in [6.07, 6.45) is 4.10. The Morgan fingerprint density at radius 3 is 2.73 bits per heavy atom. The number of aryl methyl sites for hydroxylation is 1. The molecule has 1 saturated carbocycles. The second kappa shape index (κ2) is 9.06. The molecule has 0 aromatic carbocycles. The molecule has 2 heterocycles. The zero-order valence-corrected chi connectivity index (χ0v) is 16.7. The number of anilines is 1. The zero-order chi connectivity index (χ0) is 21.7. The van der Waals surface area contributed by atoms with Crippen molar-refractivity contribution < 1.29 is 23.1 Å². The van der Waals surface area contributed by atoms with E-state index in [1.807, 2.05) is 0 Å². The van der Waals surface area contributed by atoms with Crippen LogP contribution in [0.25, 0.3) is 0 Å². The average Bonchev–Trinajstić information content (AvgIpc) is 3.56. The Labute approximate surface area is 172 Å². The summed E-state index contributed by atoms with van der Waals surface area (Å²) in [7, 11) is 0. The van der Waals surface area contributed by atoms with E-state index >= 15 is 0 Å². The van der Waals surface area contributed by atoms with Crippen molar-refractivity contribution in [3.05, 3.63) is 47.3 Å². The third-order valence-electron chi connectivity index (χ3n) is 4.44. The molecule has 0 radical (unpaired) electrons. The van der Waals surface area contributed by atoms with Crippen molar-refractivity contribution in [1.29, 1.82) is 0 Å². The van der Waals surface area contributed by atoms with E-state index in [4.69, 9.17) is 4.74 Å². The van der Waals surface area contributed by atoms with Gasteiger partial charge in [-0.1, -0.05) is 6.92 Å². The molecule has 30 heavy (non-hydrogen) atoms. The van der Waals surface area contributed by atoms with Crippen molar-refractivity contribution in [2.45, 2.75) is 39.0 Å². The van der Waals surface area contributed by atoms with Crippen LogP contribution < -0.4 is 10.1 Å². The summed E-state index contributed by atoms with van der Waals surface area (Å²) in [6.45, 7) is 2.35. The monoisotopic (exact) mass is 416 g/mol. The highest BCUT2D eigenvalue weighted by molar-refractivity contribution is 6.02. The summed E-state index contributed by atoms with van der Waals surface area (Å²) in [6, 6.07) is 6.05. The lowest BCUT2D eigenvalue weighted by atomic mass is 10.2. The highest BCUT2D eigenvalue weighted by atomic mass is 19.3. The van der Waals surface area contributed by atoms with Gasteiger partial charge in [0.2, 0.25) is 11.8 Å². The standard InChI is InChI=1S/C21H22F2N4O3/c1-3-21(22,23)12-30-18-7-4-14(10-24-18)11-25-19(28)16-8-13(2)26-17(9-16)27-20(29)15-5-6-15/h4,7-11,15H,3,5-6,12H2,1-2H3,(H,26,27,29). The van der Waals surface area contributed by atoms with Crippen LogP contribution >= 0.6 is 0 Å². The van der Waals surface area contributed by atoms with Crippen molar-refractivity contribution >= 4 is 23.8 Å². The molecule has 7 nitrogen and oxygen atoms in total. The molecule has 1 aliphatic rings. The van der Waals surface area contributed by atoms with Crippen LogP contribution in [0.1, 0.15) is 47.8 Å². The van der Waals surface area contributed by atoms with Gasteiger partial charge in [-0.05, 0) is 38.0 Å². The number of alkyl halides is 2. The molecule has 158 valence electrons. The fourth-order valence-electron chi connectivity index (χ4n) is 2.47. The highest BCUT2D eigenvalue weighted by Gasteiger charge is 2.30. The summed E-state index contributed by atoms with van der Waals surface area (Å²) in [4.78, 5) is 36.4. The van der Waals surface area contributed by atoms with Gasteiger partial charge in [-0.3, -0.25) is 9.59 Å². The number of halogens is 2. The maximum Gasteiger partial charge on any atom is 0.281 e. The molecule has 9 heteroatoms. The van der Waals surface area contributed by atoms with Gasteiger partial charge in [0.15, 0.2) is 6.61 Å². The summed E-state index contributed by atoms with van der Waals surface area (Å²) in [5.41, 5.74) is 1.37. The third kappa shape index (κ3) is 6.13. The van der Waals surface area contributed by atoms with Crippen LogP contribution in [0.5, 0.6) is 5.88 Å². The molecule has 2 amide bonds. The minimum absolute atomic E-state index is 0.0251. The number of aromatic nitrogens is 2. The van der Waals surface area contributed by atoms with E-state index in [-0.39, 0.29) is 24.1 Å². The lowest BCUT2D eigenvalue weighted by Gasteiger charge is -2.14. The second-order valence-corrected chi connectivity index (χ2v) is 7.14. The minimum Gasteiger partial charge on any atom is -0.471 e. The number of hydrogen-bond donors (Lipinski definition) is 1. The Bertz CT molecular complexity index is 957. The van der Waals surface area contributed by atoms with Crippen molar-refractivity contribution in [3.8, 4) is 5.88 Å². The molecule has 2 aromatic rings. The summed E-state index contributed by atoms with van der Waals surface area (Å²) in [5.74, 6) is -3.11.